The van der Waals surface area contributed by atoms with Gasteiger partial charge >= 0.3 is 5.97 Å². The van der Waals surface area contributed by atoms with Crippen LogP contribution in [0, 0.1) is 10.1 Å². The molecule has 4 atom stereocenters. The van der Waals surface area contributed by atoms with E-state index in [1.54, 1.807) is 0 Å². The topological polar surface area (TPSA) is 217 Å². The molecule has 5 amide bonds. The molecule has 1 aromatic rings. The zero-order valence-electron chi connectivity index (χ0n) is 21.8. The summed E-state index contributed by atoms with van der Waals surface area (Å²) in [5.41, 5.74) is 0.168. The summed E-state index contributed by atoms with van der Waals surface area (Å²) in [6.45, 7) is 4.55. The van der Waals surface area contributed by atoms with Gasteiger partial charge < -0.3 is 31.3 Å². The highest BCUT2D eigenvalue weighted by molar-refractivity contribution is 5.99. The highest BCUT2D eigenvalue weighted by Gasteiger charge is 2.37. The fourth-order valence-corrected chi connectivity index (χ4v) is 3.84. The standard InChI is InChI=1S/C24H32N6O9/c1-13(25-19(31)10-11-20(32)33)21(34)27-15(3)24(37)29-12-4-5-18(29)23(36)26-14(2)22(35)28-16-6-8-17(9-7-16)30(38)39/h6-9,13-15,18H,4-5,10-12H2,1-3H3,(H,25,31)(H,26,36)(H,27,34)(H,28,35)(H,32,33). The number of carboxylic acids is 1. The van der Waals surface area contributed by atoms with Crippen molar-refractivity contribution in [2.75, 3.05) is 11.9 Å². The third-order valence-electron chi connectivity index (χ3n) is 6.00. The van der Waals surface area contributed by atoms with Crippen LogP contribution in [0.5, 0.6) is 0 Å². The van der Waals surface area contributed by atoms with Gasteiger partial charge in [-0.05, 0) is 45.7 Å². The molecule has 1 fully saturated rings. The van der Waals surface area contributed by atoms with E-state index >= 15 is 0 Å². The molecule has 4 unspecified atom stereocenters. The van der Waals surface area contributed by atoms with Gasteiger partial charge in [0.25, 0.3) is 5.69 Å². The van der Waals surface area contributed by atoms with E-state index in [1.165, 1.54) is 49.9 Å². The summed E-state index contributed by atoms with van der Waals surface area (Å²) in [5.74, 6) is -4.06. The minimum Gasteiger partial charge on any atom is -0.481 e. The van der Waals surface area contributed by atoms with E-state index in [1.807, 2.05) is 0 Å². The Morgan fingerprint density at radius 3 is 2.15 bits per heavy atom. The largest absolute Gasteiger partial charge is 0.481 e. The van der Waals surface area contributed by atoms with E-state index in [2.05, 4.69) is 21.3 Å². The van der Waals surface area contributed by atoms with Crippen LogP contribution in [0.25, 0.3) is 0 Å². The highest BCUT2D eigenvalue weighted by atomic mass is 16.6. The average Bonchev–Trinajstić information content (AvgIpc) is 3.37. The molecule has 1 saturated heterocycles. The lowest BCUT2D eigenvalue weighted by Crippen LogP contribution is -2.56. The summed E-state index contributed by atoms with van der Waals surface area (Å²) in [5, 5.41) is 29.4. The summed E-state index contributed by atoms with van der Waals surface area (Å²) >= 11 is 0. The number of anilines is 1. The highest BCUT2D eigenvalue weighted by Crippen LogP contribution is 2.19. The molecule has 15 nitrogen and oxygen atoms in total. The maximum Gasteiger partial charge on any atom is 0.303 e. The van der Waals surface area contributed by atoms with Gasteiger partial charge in [-0.15, -0.1) is 0 Å². The lowest BCUT2D eigenvalue weighted by atomic mass is 10.1. The van der Waals surface area contributed by atoms with Gasteiger partial charge in [-0.25, -0.2) is 0 Å². The van der Waals surface area contributed by atoms with Gasteiger partial charge in [0.1, 0.15) is 24.2 Å². The first-order valence-corrected chi connectivity index (χ1v) is 12.3. The van der Waals surface area contributed by atoms with Gasteiger partial charge in [-0.2, -0.15) is 0 Å². The number of nitrogens with one attached hydrogen (secondary N) is 4. The minimum atomic E-state index is -1.15. The van der Waals surface area contributed by atoms with Crippen LogP contribution >= 0.6 is 0 Å². The third-order valence-corrected chi connectivity index (χ3v) is 6.00. The second-order valence-electron chi connectivity index (χ2n) is 9.13. The fourth-order valence-electron chi connectivity index (χ4n) is 3.84. The number of rotatable bonds is 12. The van der Waals surface area contributed by atoms with Crippen molar-refractivity contribution < 1.29 is 38.8 Å². The number of nitrogens with zero attached hydrogens (tertiary/aromatic N) is 2. The predicted molar refractivity (Wildman–Crippen MR) is 136 cm³/mol. The lowest BCUT2D eigenvalue weighted by molar-refractivity contribution is -0.384. The van der Waals surface area contributed by atoms with Crippen molar-refractivity contribution in [3.63, 3.8) is 0 Å². The number of non-ortho nitro benzene ring substituents is 1. The molecule has 0 aromatic heterocycles. The molecule has 5 N–H and O–H groups in total. The number of nitro groups is 1. The Bertz CT molecular complexity index is 1120. The Labute approximate surface area is 223 Å². The molecule has 1 aromatic carbocycles. The van der Waals surface area contributed by atoms with E-state index < -0.39 is 64.6 Å². The predicted octanol–water partition coefficient (Wildman–Crippen LogP) is -0.0968. The molecule has 39 heavy (non-hydrogen) atoms. The van der Waals surface area contributed by atoms with E-state index in [0.29, 0.717) is 18.5 Å². The Morgan fingerprint density at radius 2 is 1.56 bits per heavy atom. The number of carbonyl (C=O) groups is 6. The number of aliphatic carboxylic acids is 1. The molecule has 0 radical (unpaired) electrons. The number of hydrogen-bond acceptors (Lipinski definition) is 8. The molecule has 0 spiro atoms. The number of nitro benzene ring substituents is 1. The summed E-state index contributed by atoms with van der Waals surface area (Å²) in [6.07, 6.45) is 0.204. The van der Waals surface area contributed by atoms with Gasteiger partial charge in [-0.1, -0.05) is 0 Å². The van der Waals surface area contributed by atoms with Gasteiger partial charge in [0.05, 0.1) is 11.3 Å². The molecule has 1 heterocycles. The first kappa shape index (κ1) is 30.7. The Kier molecular flexibility index (Phi) is 10.9. The Balaban J connectivity index is 1.89. The lowest BCUT2D eigenvalue weighted by Gasteiger charge is -2.28. The van der Waals surface area contributed by atoms with Crippen LogP contribution < -0.4 is 21.3 Å². The monoisotopic (exact) mass is 548 g/mol. The summed E-state index contributed by atoms with van der Waals surface area (Å²) in [7, 11) is 0. The molecule has 1 aliphatic rings. The first-order valence-electron chi connectivity index (χ1n) is 12.3. The third kappa shape index (κ3) is 9.05. The van der Waals surface area contributed by atoms with Crippen LogP contribution in [-0.4, -0.2) is 81.1 Å². The summed E-state index contributed by atoms with van der Waals surface area (Å²) < 4.78 is 0. The molecule has 1 aliphatic heterocycles. The second-order valence-corrected chi connectivity index (χ2v) is 9.13. The molecule has 15 heteroatoms. The number of carboxylic acid groups (broad SMARTS) is 1. The van der Waals surface area contributed by atoms with Crippen LogP contribution in [0.2, 0.25) is 0 Å². The van der Waals surface area contributed by atoms with E-state index in [-0.39, 0.29) is 25.1 Å². The van der Waals surface area contributed by atoms with Crippen molar-refractivity contribution in [2.24, 2.45) is 0 Å². The molecule has 0 saturated carbocycles. The van der Waals surface area contributed by atoms with Crippen molar-refractivity contribution in [2.45, 2.75) is 70.6 Å². The van der Waals surface area contributed by atoms with Crippen LogP contribution in [-0.2, 0) is 28.8 Å². The number of hydrogen-bond donors (Lipinski definition) is 5. The van der Waals surface area contributed by atoms with Crippen molar-refractivity contribution in [3.8, 4) is 0 Å². The van der Waals surface area contributed by atoms with Crippen molar-refractivity contribution in [1.82, 2.24) is 20.9 Å². The van der Waals surface area contributed by atoms with Crippen LogP contribution in [0.4, 0.5) is 11.4 Å². The zero-order chi connectivity index (χ0) is 29.3. The van der Waals surface area contributed by atoms with Crippen LogP contribution in [0.3, 0.4) is 0 Å². The second kappa shape index (κ2) is 13.8. The molecule has 212 valence electrons. The summed E-state index contributed by atoms with van der Waals surface area (Å²) in [6, 6.07) is 1.30. The smallest absolute Gasteiger partial charge is 0.303 e. The molecule has 2 rings (SSSR count). The van der Waals surface area contributed by atoms with Gasteiger partial charge in [0.2, 0.25) is 29.5 Å². The number of likely N-dealkylation sites (tertiary alicyclic amines) is 1. The first-order chi connectivity index (χ1) is 18.3. The number of carbonyl (C=O) groups excluding carboxylic acids is 5. The average molecular weight is 549 g/mol. The van der Waals surface area contributed by atoms with E-state index in [4.69, 9.17) is 5.11 Å². The normalized spacial score (nSPS) is 16.8. The maximum atomic E-state index is 13.0. The Morgan fingerprint density at radius 1 is 0.949 bits per heavy atom. The number of benzene rings is 1. The van der Waals surface area contributed by atoms with Crippen molar-refractivity contribution >= 4 is 46.9 Å². The van der Waals surface area contributed by atoms with Crippen LogP contribution in [0.15, 0.2) is 24.3 Å². The fraction of sp³-hybridized carbons (Fsp3) is 0.500. The SMILES string of the molecule is CC(NC(=O)CCC(=O)O)C(=O)NC(C)C(=O)N1CCCC1C(=O)NC(C)C(=O)Nc1ccc([N+](=O)[O-])cc1. The molecular formula is C24H32N6O9. The zero-order valence-corrected chi connectivity index (χ0v) is 21.8. The van der Waals surface area contributed by atoms with E-state index in [0.717, 1.165) is 0 Å². The van der Waals surface area contributed by atoms with Gasteiger partial charge in [-0.3, -0.25) is 38.9 Å². The Hall–Kier alpha value is -4.56. The molecule has 0 aliphatic carbocycles. The van der Waals surface area contributed by atoms with Crippen LogP contribution in [0.1, 0.15) is 46.5 Å². The minimum absolute atomic E-state index is 0.138. The number of amides is 5. The van der Waals surface area contributed by atoms with Crippen molar-refractivity contribution in [1.29, 1.82) is 0 Å². The maximum absolute atomic E-state index is 13.0. The van der Waals surface area contributed by atoms with E-state index in [9.17, 15) is 38.9 Å². The quantitative estimate of drug-likeness (QED) is 0.174. The van der Waals surface area contributed by atoms with Crippen molar-refractivity contribution in [3.05, 3.63) is 34.4 Å². The van der Waals surface area contributed by atoms with Gasteiger partial charge in [0, 0.05) is 30.8 Å². The van der Waals surface area contributed by atoms with Gasteiger partial charge in [0.15, 0.2) is 0 Å². The molecule has 0 bridgehead atoms. The summed E-state index contributed by atoms with van der Waals surface area (Å²) in [4.78, 5) is 84.6. The molecular weight excluding hydrogens is 516 g/mol.